The number of oxime groups is 1. The molecule has 2 rings (SSSR count). The second-order valence-corrected chi connectivity index (χ2v) is 4.79. The van der Waals surface area contributed by atoms with Crippen LogP contribution < -0.4 is 15.4 Å². The fraction of sp³-hybridized carbons (Fsp3) is 0.133. The number of hydrogen-bond donors (Lipinski definition) is 2. The highest BCUT2D eigenvalue weighted by Gasteiger charge is 2.13. The summed E-state index contributed by atoms with van der Waals surface area (Å²) in [6, 6.07) is 12.8. The largest absolute Gasteiger partial charge is 0.495 e. The predicted octanol–water partition coefficient (Wildman–Crippen LogP) is 3.21. The van der Waals surface area contributed by atoms with Crippen LogP contribution in [0.1, 0.15) is 5.56 Å². The van der Waals surface area contributed by atoms with Crippen LogP contribution in [0.15, 0.2) is 47.6 Å². The number of methoxy groups -OCH3 is 1. The summed E-state index contributed by atoms with van der Waals surface area (Å²) in [6.45, 7) is 0. The van der Waals surface area contributed by atoms with E-state index in [1.54, 1.807) is 19.2 Å². The Morgan fingerprint density at radius 1 is 1.24 bits per heavy atom. The monoisotopic (exact) mass is 305 g/mol. The van der Waals surface area contributed by atoms with Crippen molar-refractivity contribution in [2.75, 3.05) is 19.1 Å². The molecule has 6 heteroatoms. The lowest BCUT2D eigenvalue weighted by atomic mass is 10.1. The SMILES string of the molecule is COc1ccccc1N(C)c1ccc(C(N)=NO)cc1Cl. The molecule has 0 bridgehead atoms. The van der Waals surface area contributed by atoms with Gasteiger partial charge in [-0.3, -0.25) is 0 Å². The van der Waals surface area contributed by atoms with E-state index in [1.807, 2.05) is 42.3 Å². The second kappa shape index (κ2) is 6.37. The summed E-state index contributed by atoms with van der Waals surface area (Å²) in [5.74, 6) is 0.764. The fourth-order valence-electron chi connectivity index (χ4n) is 2.03. The van der Waals surface area contributed by atoms with E-state index in [9.17, 15) is 0 Å². The topological polar surface area (TPSA) is 71.1 Å². The molecule has 2 aromatic carbocycles. The minimum absolute atomic E-state index is 0.0170. The molecule has 0 saturated heterocycles. The molecule has 0 unspecified atom stereocenters. The summed E-state index contributed by atoms with van der Waals surface area (Å²) in [6.07, 6.45) is 0. The van der Waals surface area contributed by atoms with E-state index in [0.29, 0.717) is 10.6 Å². The lowest BCUT2D eigenvalue weighted by Crippen LogP contribution is -2.15. The van der Waals surface area contributed by atoms with Crippen LogP contribution in [0.4, 0.5) is 11.4 Å². The number of amidine groups is 1. The highest BCUT2D eigenvalue weighted by atomic mass is 35.5. The Kier molecular flexibility index (Phi) is 4.55. The molecule has 0 radical (unpaired) electrons. The molecule has 21 heavy (non-hydrogen) atoms. The predicted molar refractivity (Wildman–Crippen MR) is 85.0 cm³/mol. The smallest absolute Gasteiger partial charge is 0.170 e. The van der Waals surface area contributed by atoms with Gasteiger partial charge in [0.2, 0.25) is 0 Å². The van der Waals surface area contributed by atoms with E-state index in [4.69, 9.17) is 27.3 Å². The van der Waals surface area contributed by atoms with Crippen LogP contribution in [-0.2, 0) is 0 Å². The zero-order valence-electron chi connectivity index (χ0n) is 11.7. The van der Waals surface area contributed by atoms with Crippen molar-refractivity contribution in [2.45, 2.75) is 0 Å². The third kappa shape index (κ3) is 3.03. The molecule has 5 nitrogen and oxygen atoms in total. The lowest BCUT2D eigenvalue weighted by molar-refractivity contribution is 0.318. The van der Waals surface area contributed by atoms with Crippen molar-refractivity contribution in [1.29, 1.82) is 0 Å². The minimum Gasteiger partial charge on any atom is -0.495 e. The standard InChI is InChI=1S/C15H16ClN3O2/c1-19(13-5-3-4-6-14(13)21-2)12-8-7-10(9-11(12)16)15(17)18-20/h3-9,20H,1-2H3,(H2,17,18). The Hall–Kier alpha value is -2.40. The van der Waals surface area contributed by atoms with Crippen LogP contribution in [0.25, 0.3) is 0 Å². The van der Waals surface area contributed by atoms with Crippen molar-refractivity contribution in [3.63, 3.8) is 0 Å². The van der Waals surface area contributed by atoms with Gasteiger partial charge in [0.25, 0.3) is 0 Å². The maximum absolute atomic E-state index is 8.70. The van der Waals surface area contributed by atoms with Gasteiger partial charge in [0, 0.05) is 12.6 Å². The maximum atomic E-state index is 8.70. The van der Waals surface area contributed by atoms with Gasteiger partial charge in [-0.2, -0.15) is 0 Å². The molecule has 0 saturated carbocycles. The molecule has 0 heterocycles. The number of nitrogens with two attached hydrogens (primary N) is 1. The Bertz CT molecular complexity index is 674. The first-order chi connectivity index (χ1) is 10.1. The fourth-order valence-corrected chi connectivity index (χ4v) is 2.34. The van der Waals surface area contributed by atoms with Crippen molar-refractivity contribution in [1.82, 2.24) is 0 Å². The van der Waals surface area contributed by atoms with Crippen molar-refractivity contribution in [3.05, 3.63) is 53.1 Å². The number of hydrogen-bond acceptors (Lipinski definition) is 4. The summed E-state index contributed by atoms with van der Waals surface area (Å²) < 4.78 is 5.35. The average Bonchev–Trinajstić information content (AvgIpc) is 2.53. The van der Waals surface area contributed by atoms with E-state index in [2.05, 4.69) is 5.16 Å². The number of rotatable bonds is 4. The molecule has 3 N–H and O–H groups in total. The molecular formula is C15H16ClN3O2. The molecule has 0 fully saturated rings. The van der Waals surface area contributed by atoms with Crippen molar-refractivity contribution in [3.8, 4) is 5.75 Å². The quantitative estimate of drug-likeness (QED) is 0.394. The van der Waals surface area contributed by atoms with E-state index < -0.39 is 0 Å². The van der Waals surface area contributed by atoms with Crippen molar-refractivity contribution < 1.29 is 9.94 Å². The first-order valence-corrected chi connectivity index (χ1v) is 6.60. The van der Waals surface area contributed by atoms with Crippen molar-refractivity contribution in [2.24, 2.45) is 10.9 Å². The zero-order valence-corrected chi connectivity index (χ0v) is 12.5. The molecular weight excluding hydrogens is 290 g/mol. The van der Waals surface area contributed by atoms with Gasteiger partial charge in [0.15, 0.2) is 5.84 Å². The van der Waals surface area contributed by atoms with Crippen molar-refractivity contribution >= 4 is 28.8 Å². The molecule has 110 valence electrons. The van der Waals surface area contributed by atoms with Crippen LogP contribution in [0.3, 0.4) is 0 Å². The Labute approximate surface area is 128 Å². The lowest BCUT2D eigenvalue weighted by Gasteiger charge is -2.23. The first-order valence-electron chi connectivity index (χ1n) is 6.22. The van der Waals surface area contributed by atoms with Gasteiger partial charge in [-0.15, -0.1) is 0 Å². The van der Waals surface area contributed by atoms with Gasteiger partial charge < -0.3 is 20.6 Å². The van der Waals surface area contributed by atoms with Crippen LogP contribution >= 0.6 is 11.6 Å². The summed E-state index contributed by atoms with van der Waals surface area (Å²) in [7, 11) is 3.51. The number of anilines is 2. The number of para-hydroxylation sites is 2. The second-order valence-electron chi connectivity index (χ2n) is 4.38. The molecule has 0 amide bonds. The summed E-state index contributed by atoms with van der Waals surface area (Å²) in [4.78, 5) is 1.91. The normalized spacial score (nSPS) is 11.3. The molecule has 0 spiro atoms. The molecule has 0 aliphatic heterocycles. The van der Waals surface area contributed by atoms with Gasteiger partial charge in [-0.1, -0.05) is 28.9 Å². The van der Waals surface area contributed by atoms with Crippen LogP contribution in [0.2, 0.25) is 5.02 Å². The van der Waals surface area contributed by atoms with Gasteiger partial charge in [-0.25, -0.2) is 0 Å². The highest BCUT2D eigenvalue weighted by molar-refractivity contribution is 6.33. The van der Waals surface area contributed by atoms with E-state index in [0.717, 1.165) is 17.1 Å². The molecule has 0 atom stereocenters. The highest BCUT2D eigenvalue weighted by Crippen LogP contribution is 2.36. The van der Waals surface area contributed by atoms with E-state index in [-0.39, 0.29) is 5.84 Å². The van der Waals surface area contributed by atoms with Crippen LogP contribution in [-0.4, -0.2) is 25.2 Å². The number of benzene rings is 2. The molecule has 0 aromatic heterocycles. The summed E-state index contributed by atoms with van der Waals surface area (Å²) in [5, 5.41) is 12.2. The molecule has 0 aliphatic carbocycles. The molecule has 2 aromatic rings. The first kappa shape index (κ1) is 15.0. The summed E-state index contributed by atoms with van der Waals surface area (Å²) in [5.41, 5.74) is 7.78. The maximum Gasteiger partial charge on any atom is 0.170 e. The third-order valence-corrected chi connectivity index (χ3v) is 3.46. The van der Waals surface area contributed by atoms with Gasteiger partial charge in [0.1, 0.15) is 5.75 Å². The van der Waals surface area contributed by atoms with E-state index >= 15 is 0 Å². The minimum atomic E-state index is 0.0170. The number of ether oxygens (including phenoxy) is 1. The molecule has 0 aliphatic rings. The van der Waals surface area contributed by atoms with E-state index in [1.165, 1.54) is 0 Å². The van der Waals surface area contributed by atoms with Gasteiger partial charge in [0.05, 0.1) is 23.5 Å². The number of halogens is 1. The van der Waals surface area contributed by atoms with Gasteiger partial charge >= 0.3 is 0 Å². The van der Waals surface area contributed by atoms with Crippen LogP contribution in [0, 0.1) is 0 Å². The zero-order chi connectivity index (χ0) is 15.4. The van der Waals surface area contributed by atoms with Crippen LogP contribution in [0.5, 0.6) is 5.75 Å². The number of nitrogens with zero attached hydrogens (tertiary/aromatic N) is 2. The average molecular weight is 306 g/mol. The Balaban J connectivity index is 2.42. The Morgan fingerprint density at radius 2 is 1.95 bits per heavy atom. The Morgan fingerprint density at radius 3 is 2.57 bits per heavy atom. The van der Waals surface area contributed by atoms with Gasteiger partial charge in [-0.05, 0) is 30.3 Å². The summed E-state index contributed by atoms with van der Waals surface area (Å²) >= 11 is 6.30. The third-order valence-electron chi connectivity index (χ3n) is 3.16.